The van der Waals surface area contributed by atoms with Crippen LogP contribution in [0.5, 0.6) is 0 Å². The Morgan fingerprint density at radius 2 is 1.69 bits per heavy atom. The van der Waals surface area contributed by atoms with Crippen molar-refractivity contribution in [2.45, 2.75) is 101 Å². The van der Waals surface area contributed by atoms with Gasteiger partial charge in [0.2, 0.25) is 11.8 Å². The number of hydrogen-bond acceptors (Lipinski definition) is 9. The lowest BCUT2D eigenvalue weighted by Gasteiger charge is -2.35. The first kappa shape index (κ1) is 33.6. The highest BCUT2D eigenvalue weighted by Crippen LogP contribution is 2.52. The third-order valence-electron chi connectivity index (χ3n) is 9.56. The number of halogens is 1. The Labute approximate surface area is 272 Å². The van der Waals surface area contributed by atoms with Crippen LogP contribution in [-0.4, -0.2) is 80.7 Å². The molecule has 0 bridgehead atoms. The van der Waals surface area contributed by atoms with Crippen molar-refractivity contribution >= 4 is 49.9 Å². The molecule has 2 N–H and O–H groups in total. The van der Waals surface area contributed by atoms with Gasteiger partial charge >= 0.3 is 12.1 Å². The number of nitrogens with zero attached hydrogens (tertiary/aromatic N) is 1. The Bertz CT molecular complexity index is 1440. The van der Waals surface area contributed by atoms with Crippen molar-refractivity contribution in [3.8, 4) is 0 Å². The molecule has 8 atom stereocenters. The SMILES string of the molecule is CC[C@@H]1CC1(NC(=O)[C@@H]1C[C@H](OS(=O)(=O)c2ccc(Br)cc2)CN1C(=O)C(NC(=O)O[C@@H]1C[C@@H]2C[C@@H]2C1)C(C)(C)C)C(=O)OC. The summed E-state index contributed by atoms with van der Waals surface area (Å²) in [6.45, 7) is 7.00. The Morgan fingerprint density at radius 3 is 2.24 bits per heavy atom. The third-order valence-corrected chi connectivity index (χ3v) is 11.5. The second kappa shape index (κ2) is 12.5. The first-order valence-electron chi connectivity index (χ1n) is 15.4. The van der Waals surface area contributed by atoms with Crippen molar-refractivity contribution in [1.29, 1.82) is 0 Å². The zero-order chi connectivity index (χ0) is 32.9. The van der Waals surface area contributed by atoms with Gasteiger partial charge in [-0.2, -0.15) is 8.42 Å². The van der Waals surface area contributed by atoms with E-state index in [-0.39, 0.29) is 29.9 Å². The van der Waals surface area contributed by atoms with Gasteiger partial charge in [0, 0.05) is 17.4 Å². The molecule has 4 fully saturated rings. The minimum atomic E-state index is -4.25. The van der Waals surface area contributed by atoms with Crippen LogP contribution in [0, 0.1) is 23.2 Å². The van der Waals surface area contributed by atoms with Crippen LogP contribution < -0.4 is 10.6 Å². The van der Waals surface area contributed by atoms with Gasteiger partial charge in [0.05, 0.1) is 18.1 Å². The first-order valence-corrected chi connectivity index (χ1v) is 17.6. The number of rotatable bonds is 10. The second-order valence-electron chi connectivity index (χ2n) is 13.8. The quantitative estimate of drug-likeness (QED) is 0.274. The minimum Gasteiger partial charge on any atom is -0.467 e. The number of fused-ring (bicyclic) bond motifs is 1. The van der Waals surface area contributed by atoms with Crippen LogP contribution in [0.1, 0.15) is 66.2 Å². The molecule has 0 aromatic heterocycles. The number of amides is 3. The van der Waals surface area contributed by atoms with E-state index in [0.29, 0.717) is 29.2 Å². The maximum atomic E-state index is 14.2. The molecular weight excluding hydrogens is 670 g/mol. The van der Waals surface area contributed by atoms with Gasteiger partial charge in [-0.25, -0.2) is 9.59 Å². The van der Waals surface area contributed by atoms with Gasteiger partial charge in [0.25, 0.3) is 10.1 Å². The second-order valence-corrected chi connectivity index (χ2v) is 16.3. The first-order chi connectivity index (χ1) is 21.1. The molecule has 1 aromatic carbocycles. The predicted molar refractivity (Wildman–Crippen MR) is 165 cm³/mol. The van der Waals surface area contributed by atoms with E-state index >= 15 is 0 Å². The van der Waals surface area contributed by atoms with Crippen LogP contribution in [0.25, 0.3) is 0 Å². The molecule has 3 amide bonds. The summed E-state index contributed by atoms with van der Waals surface area (Å²) in [4.78, 5) is 54.9. The standard InChI is InChI=1S/C31H42BrN3O9S/c1-6-19-15-31(19,28(38)42-5)34-26(36)24-14-22(44-45(40,41)23-9-7-20(32)8-10-23)16-35(24)27(37)25(30(2,3)4)33-29(39)43-21-12-17-11-18(17)13-21/h7-10,17-19,21-22,24-25H,6,11-16H2,1-5H3,(H,33,39)(H,34,36)/t17-,18+,19-,21+,22+,24+,25?,31?/m1/s1. The monoisotopic (exact) mass is 711 g/mol. The lowest BCUT2D eigenvalue weighted by atomic mass is 9.85. The number of ether oxygens (including phenoxy) is 2. The topological polar surface area (TPSA) is 157 Å². The number of likely N-dealkylation sites (tertiary alicyclic amines) is 1. The Balaban J connectivity index is 1.37. The van der Waals surface area contributed by atoms with Crippen molar-refractivity contribution in [2.24, 2.45) is 23.2 Å². The molecule has 3 saturated carbocycles. The molecule has 1 aliphatic heterocycles. The summed E-state index contributed by atoms with van der Waals surface area (Å²) < 4.78 is 43.2. The van der Waals surface area contributed by atoms with E-state index in [4.69, 9.17) is 13.7 Å². The van der Waals surface area contributed by atoms with E-state index in [1.54, 1.807) is 32.9 Å². The smallest absolute Gasteiger partial charge is 0.408 e. The van der Waals surface area contributed by atoms with Crippen molar-refractivity contribution in [3.05, 3.63) is 28.7 Å². The predicted octanol–water partition coefficient (Wildman–Crippen LogP) is 3.52. The molecule has 1 aromatic rings. The fourth-order valence-corrected chi connectivity index (χ4v) is 8.17. The van der Waals surface area contributed by atoms with Crippen LogP contribution in [-0.2, 0) is 38.2 Å². The number of nitrogens with one attached hydrogen (secondary N) is 2. The summed E-state index contributed by atoms with van der Waals surface area (Å²) in [6.07, 6.45) is 1.69. The number of methoxy groups -OCH3 is 1. The van der Waals surface area contributed by atoms with E-state index in [2.05, 4.69) is 26.6 Å². The lowest BCUT2D eigenvalue weighted by molar-refractivity contribution is -0.148. The molecule has 14 heteroatoms. The van der Waals surface area contributed by atoms with E-state index in [1.165, 1.54) is 30.6 Å². The van der Waals surface area contributed by atoms with Gasteiger partial charge < -0.3 is 25.0 Å². The molecule has 1 saturated heterocycles. The fourth-order valence-electron chi connectivity index (χ4n) is 6.83. The molecule has 0 radical (unpaired) electrons. The van der Waals surface area contributed by atoms with E-state index in [9.17, 15) is 27.6 Å². The maximum absolute atomic E-state index is 14.2. The van der Waals surface area contributed by atoms with Crippen LogP contribution in [0.15, 0.2) is 33.6 Å². The third kappa shape index (κ3) is 7.17. The Hall–Kier alpha value is -2.71. The number of hydrogen-bond donors (Lipinski definition) is 2. The summed E-state index contributed by atoms with van der Waals surface area (Å²) in [5.74, 6) is -0.725. The van der Waals surface area contributed by atoms with Gasteiger partial charge in [0.1, 0.15) is 23.7 Å². The molecule has 3 aliphatic carbocycles. The van der Waals surface area contributed by atoms with Crippen molar-refractivity contribution in [2.75, 3.05) is 13.7 Å². The molecule has 248 valence electrons. The average Bonchev–Trinajstić information content (AvgIpc) is 3.78. The van der Waals surface area contributed by atoms with Crippen molar-refractivity contribution < 1.29 is 41.3 Å². The van der Waals surface area contributed by atoms with E-state index < -0.39 is 63.1 Å². The summed E-state index contributed by atoms with van der Waals surface area (Å²) in [5, 5.41) is 5.54. The van der Waals surface area contributed by atoms with Crippen LogP contribution in [0.3, 0.4) is 0 Å². The normalized spacial score (nSPS) is 31.0. The molecule has 45 heavy (non-hydrogen) atoms. The summed E-state index contributed by atoms with van der Waals surface area (Å²) in [6, 6.07) is 3.63. The number of alkyl carbamates (subject to hydrolysis) is 1. The fraction of sp³-hybridized carbons (Fsp3) is 0.677. The van der Waals surface area contributed by atoms with Crippen molar-refractivity contribution in [3.63, 3.8) is 0 Å². The lowest BCUT2D eigenvalue weighted by Crippen LogP contribution is -2.59. The van der Waals surface area contributed by atoms with Crippen LogP contribution >= 0.6 is 15.9 Å². The Kier molecular flexibility index (Phi) is 9.33. The van der Waals surface area contributed by atoms with Crippen LogP contribution in [0.4, 0.5) is 4.79 Å². The maximum Gasteiger partial charge on any atom is 0.408 e. The zero-order valence-electron chi connectivity index (χ0n) is 26.2. The summed E-state index contributed by atoms with van der Waals surface area (Å²) >= 11 is 3.28. The summed E-state index contributed by atoms with van der Waals surface area (Å²) in [5.41, 5.74) is -2.01. The summed E-state index contributed by atoms with van der Waals surface area (Å²) in [7, 11) is -3.00. The highest BCUT2D eigenvalue weighted by Gasteiger charge is 2.62. The molecule has 0 spiro atoms. The molecule has 4 aliphatic rings. The number of carbonyl (C=O) groups excluding carboxylic acids is 4. The van der Waals surface area contributed by atoms with E-state index in [0.717, 1.165) is 12.8 Å². The number of esters is 1. The molecule has 1 heterocycles. The van der Waals surface area contributed by atoms with E-state index in [1.807, 2.05) is 6.92 Å². The molecule has 12 nitrogen and oxygen atoms in total. The zero-order valence-corrected chi connectivity index (χ0v) is 28.6. The van der Waals surface area contributed by atoms with Crippen molar-refractivity contribution in [1.82, 2.24) is 15.5 Å². The van der Waals surface area contributed by atoms with Gasteiger partial charge in [0.15, 0.2) is 0 Å². The largest absolute Gasteiger partial charge is 0.467 e. The van der Waals surface area contributed by atoms with Crippen LogP contribution in [0.2, 0.25) is 0 Å². The van der Waals surface area contributed by atoms with Gasteiger partial charge in [-0.1, -0.05) is 50.0 Å². The number of benzene rings is 1. The highest BCUT2D eigenvalue weighted by molar-refractivity contribution is 9.10. The van der Waals surface area contributed by atoms with Gasteiger partial charge in [-0.15, -0.1) is 0 Å². The average molecular weight is 713 g/mol. The molecular formula is C31H42BrN3O9S. The Morgan fingerprint density at radius 1 is 1.04 bits per heavy atom. The number of carbonyl (C=O) groups is 4. The molecule has 2 unspecified atom stereocenters. The minimum absolute atomic E-state index is 0.0774. The highest BCUT2D eigenvalue weighted by atomic mass is 79.9. The van der Waals surface area contributed by atoms with Gasteiger partial charge in [-0.3, -0.25) is 13.8 Å². The van der Waals surface area contributed by atoms with Gasteiger partial charge in [-0.05, 0) is 73.1 Å². The molecule has 5 rings (SSSR count).